The summed E-state index contributed by atoms with van der Waals surface area (Å²) in [5.74, 6) is 0. The third-order valence-corrected chi connectivity index (χ3v) is 5.01. The molecule has 0 radical (unpaired) electrons. The third kappa shape index (κ3) is 4.13. The van der Waals surface area contributed by atoms with E-state index in [1.807, 2.05) is 11.9 Å². The number of likely N-dealkylation sites (tertiary alicyclic amines) is 2. The second kappa shape index (κ2) is 7.33. The summed E-state index contributed by atoms with van der Waals surface area (Å²) in [6.45, 7) is 3.54. The van der Waals surface area contributed by atoms with Crippen LogP contribution in [0.2, 0.25) is 0 Å². The number of nitrogens with zero attached hydrogens (tertiary/aromatic N) is 2. The Bertz CT molecular complexity index is 332. The number of methoxy groups -OCH3 is 1. The fraction of sp³-hybridized carbons (Fsp3) is 1.00. The van der Waals surface area contributed by atoms with Gasteiger partial charge in [0.1, 0.15) is 6.17 Å². The van der Waals surface area contributed by atoms with Gasteiger partial charge in [-0.25, -0.2) is 4.39 Å². The van der Waals surface area contributed by atoms with E-state index in [1.54, 1.807) is 14.0 Å². The number of aliphatic hydroxyl groups is 2. The van der Waals surface area contributed by atoms with Crippen LogP contribution in [-0.2, 0) is 4.74 Å². The Labute approximate surface area is 126 Å². The Morgan fingerprint density at radius 3 is 2.52 bits per heavy atom. The number of rotatable bonds is 6. The molecule has 0 bridgehead atoms. The first-order valence-electron chi connectivity index (χ1n) is 7.89. The van der Waals surface area contributed by atoms with Gasteiger partial charge in [0, 0.05) is 38.8 Å². The van der Waals surface area contributed by atoms with E-state index in [2.05, 4.69) is 4.90 Å². The summed E-state index contributed by atoms with van der Waals surface area (Å²) in [6, 6.07) is -0.0241. The molecule has 0 saturated carbocycles. The number of alkyl halides is 1. The summed E-state index contributed by atoms with van der Waals surface area (Å²) in [5, 5.41) is 20.1. The van der Waals surface area contributed by atoms with Crippen molar-refractivity contribution < 1.29 is 19.3 Å². The zero-order valence-electron chi connectivity index (χ0n) is 13.3. The van der Waals surface area contributed by atoms with E-state index in [-0.39, 0.29) is 18.2 Å². The molecule has 2 aliphatic heterocycles. The predicted molar refractivity (Wildman–Crippen MR) is 79.0 cm³/mol. The fourth-order valence-electron chi connectivity index (χ4n) is 3.73. The van der Waals surface area contributed by atoms with E-state index in [9.17, 15) is 14.6 Å². The second-order valence-electron chi connectivity index (χ2n) is 6.59. The van der Waals surface area contributed by atoms with E-state index < -0.39 is 18.4 Å². The summed E-state index contributed by atoms with van der Waals surface area (Å²) < 4.78 is 18.9. The topological polar surface area (TPSA) is 56.2 Å². The number of likely N-dealkylation sites (N-methyl/N-ethyl adjacent to an activating group) is 1. The van der Waals surface area contributed by atoms with Crippen molar-refractivity contribution in [3.63, 3.8) is 0 Å². The predicted octanol–water partition coefficient (Wildman–Crippen LogP) is 0.250. The van der Waals surface area contributed by atoms with Crippen LogP contribution in [0.15, 0.2) is 0 Å². The highest BCUT2D eigenvalue weighted by molar-refractivity contribution is 4.92. The van der Waals surface area contributed by atoms with Gasteiger partial charge >= 0.3 is 0 Å². The lowest BCUT2D eigenvalue weighted by Crippen LogP contribution is -2.42. The molecule has 21 heavy (non-hydrogen) atoms. The molecule has 6 atom stereocenters. The van der Waals surface area contributed by atoms with Crippen LogP contribution in [0.4, 0.5) is 4.39 Å². The molecule has 2 aliphatic rings. The van der Waals surface area contributed by atoms with E-state index in [1.165, 1.54) is 0 Å². The third-order valence-electron chi connectivity index (χ3n) is 5.01. The van der Waals surface area contributed by atoms with E-state index in [0.29, 0.717) is 25.9 Å². The summed E-state index contributed by atoms with van der Waals surface area (Å²) in [4.78, 5) is 4.11. The van der Waals surface area contributed by atoms with Gasteiger partial charge in [0.15, 0.2) is 0 Å². The average Bonchev–Trinajstić information content (AvgIpc) is 2.99. The fourth-order valence-corrected chi connectivity index (χ4v) is 3.73. The summed E-state index contributed by atoms with van der Waals surface area (Å²) in [6.07, 6.45) is 0.165. The van der Waals surface area contributed by atoms with E-state index in [0.717, 1.165) is 13.0 Å². The number of halogens is 1. The van der Waals surface area contributed by atoms with Crippen LogP contribution in [0, 0.1) is 0 Å². The lowest BCUT2D eigenvalue weighted by atomic mass is 10.0. The van der Waals surface area contributed by atoms with Crippen molar-refractivity contribution >= 4 is 0 Å². The molecule has 0 aromatic rings. The number of aliphatic hydroxyl groups excluding tert-OH is 2. The standard InChI is InChI=1S/C15H29FN2O3/c1-10(19)13-6-11(16)8-18(13)5-4-15(20)14-7-12(21-3)9-17(14)2/h10-15,19-20H,4-9H2,1-3H3/t10-,11+,12+,13-,14-,15-/m0/s1. The van der Waals surface area contributed by atoms with Gasteiger partial charge in [-0.15, -0.1) is 0 Å². The van der Waals surface area contributed by atoms with Crippen LogP contribution >= 0.6 is 0 Å². The zero-order chi connectivity index (χ0) is 15.6. The second-order valence-corrected chi connectivity index (χ2v) is 6.59. The summed E-state index contributed by atoms with van der Waals surface area (Å²) in [7, 11) is 3.70. The normalized spacial score (nSPS) is 38.0. The van der Waals surface area contributed by atoms with Gasteiger partial charge in [-0.05, 0) is 33.2 Å². The Balaban J connectivity index is 1.82. The first-order valence-corrected chi connectivity index (χ1v) is 7.89. The van der Waals surface area contributed by atoms with Crippen molar-refractivity contribution in [1.29, 1.82) is 0 Å². The van der Waals surface area contributed by atoms with Crippen LogP contribution in [-0.4, -0.2) is 90.4 Å². The maximum atomic E-state index is 13.5. The van der Waals surface area contributed by atoms with Gasteiger partial charge < -0.3 is 14.9 Å². The molecule has 2 saturated heterocycles. The van der Waals surface area contributed by atoms with Crippen molar-refractivity contribution in [1.82, 2.24) is 9.80 Å². The molecule has 2 fully saturated rings. The highest BCUT2D eigenvalue weighted by atomic mass is 19.1. The molecule has 0 spiro atoms. The van der Waals surface area contributed by atoms with Crippen molar-refractivity contribution in [3.8, 4) is 0 Å². The van der Waals surface area contributed by atoms with Crippen molar-refractivity contribution in [2.75, 3.05) is 33.8 Å². The first kappa shape index (κ1) is 17.1. The van der Waals surface area contributed by atoms with Gasteiger partial charge in [-0.2, -0.15) is 0 Å². The van der Waals surface area contributed by atoms with Crippen LogP contribution in [0.25, 0.3) is 0 Å². The Morgan fingerprint density at radius 2 is 1.95 bits per heavy atom. The van der Waals surface area contributed by atoms with Crippen molar-refractivity contribution in [2.45, 2.75) is 62.8 Å². The monoisotopic (exact) mass is 304 g/mol. The van der Waals surface area contributed by atoms with Gasteiger partial charge in [0.05, 0.1) is 18.3 Å². The highest BCUT2D eigenvalue weighted by Crippen LogP contribution is 2.26. The molecule has 0 aromatic carbocycles. The molecular weight excluding hydrogens is 275 g/mol. The van der Waals surface area contributed by atoms with E-state index in [4.69, 9.17) is 4.74 Å². The molecule has 2 N–H and O–H groups in total. The molecule has 0 aromatic heterocycles. The molecule has 124 valence electrons. The van der Waals surface area contributed by atoms with E-state index >= 15 is 0 Å². The molecule has 6 heteroatoms. The quantitative estimate of drug-likeness (QED) is 0.737. The average molecular weight is 304 g/mol. The molecule has 0 aliphatic carbocycles. The molecule has 2 rings (SSSR count). The van der Waals surface area contributed by atoms with Crippen LogP contribution < -0.4 is 0 Å². The van der Waals surface area contributed by atoms with Gasteiger partial charge in [0.25, 0.3) is 0 Å². The minimum atomic E-state index is -0.867. The van der Waals surface area contributed by atoms with Gasteiger partial charge in [-0.3, -0.25) is 9.80 Å². The highest BCUT2D eigenvalue weighted by Gasteiger charge is 2.37. The number of ether oxygens (including phenoxy) is 1. The van der Waals surface area contributed by atoms with Gasteiger partial charge in [0.2, 0.25) is 0 Å². The lowest BCUT2D eigenvalue weighted by molar-refractivity contribution is 0.0474. The van der Waals surface area contributed by atoms with Crippen molar-refractivity contribution in [3.05, 3.63) is 0 Å². The summed E-state index contributed by atoms with van der Waals surface area (Å²) >= 11 is 0. The number of hydrogen-bond acceptors (Lipinski definition) is 5. The first-order chi connectivity index (χ1) is 9.92. The minimum absolute atomic E-state index is 0.101. The maximum absolute atomic E-state index is 13.5. The molecular formula is C15H29FN2O3. The van der Waals surface area contributed by atoms with Gasteiger partial charge in [-0.1, -0.05) is 0 Å². The Morgan fingerprint density at radius 1 is 1.24 bits per heavy atom. The largest absolute Gasteiger partial charge is 0.392 e. The Hall–Kier alpha value is -0.270. The lowest BCUT2D eigenvalue weighted by Gasteiger charge is -2.29. The van der Waals surface area contributed by atoms with Crippen LogP contribution in [0.1, 0.15) is 26.2 Å². The van der Waals surface area contributed by atoms with Crippen molar-refractivity contribution in [2.24, 2.45) is 0 Å². The molecule has 2 heterocycles. The van der Waals surface area contributed by atoms with Crippen LogP contribution in [0.5, 0.6) is 0 Å². The molecule has 5 nitrogen and oxygen atoms in total. The Kier molecular flexibility index (Phi) is 5.96. The zero-order valence-corrected chi connectivity index (χ0v) is 13.3. The number of hydrogen-bond donors (Lipinski definition) is 2. The summed E-state index contributed by atoms with van der Waals surface area (Å²) in [5.41, 5.74) is 0. The van der Waals surface area contributed by atoms with Crippen LogP contribution in [0.3, 0.4) is 0 Å². The minimum Gasteiger partial charge on any atom is -0.392 e. The maximum Gasteiger partial charge on any atom is 0.114 e. The SMILES string of the molecule is CO[C@@H]1C[C@@H]([C@@H](O)CCN2C[C@H](F)C[C@H]2[C@H](C)O)N(C)C1. The smallest absolute Gasteiger partial charge is 0.114 e. The molecule has 0 amide bonds. The molecule has 0 unspecified atom stereocenters.